The first-order chi connectivity index (χ1) is 9.15. The molecule has 104 valence electrons. The molecule has 0 aromatic carbocycles. The van der Waals surface area contributed by atoms with Gasteiger partial charge in [0.15, 0.2) is 0 Å². The molecule has 1 fully saturated rings. The molecule has 2 atom stereocenters. The van der Waals surface area contributed by atoms with Crippen molar-refractivity contribution in [2.75, 3.05) is 25.2 Å². The lowest BCUT2D eigenvalue weighted by molar-refractivity contribution is -0.0667. The van der Waals surface area contributed by atoms with E-state index in [2.05, 4.69) is 10.4 Å². The van der Waals surface area contributed by atoms with Crippen molar-refractivity contribution in [2.45, 2.75) is 19.1 Å². The van der Waals surface area contributed by atoms with Crippen molar-refractivity contribution in [3.63, 3.8) is 0 Å². The summed E-state index contributed by atoms with van der Waals surface area (Å²) in [4.78, 5) is 18.1. The number of aliphatic hydroxyl groups excluding tert-OH is 1. The molecule has 2 unspecified atom stereocenters. The van der Waals surface area contributed by atoms with Crippen LogP contribution in [0.4, 0.5) is 5.82 Å². The van der Waals surface area contributed by atoms with Crippen molar-refractivity contribution in [1.29, 1.82) is 0 Å². The van der Waals surface area contributed by atoms with Gasteiger partial charge in [0.2, 0.25) is 0 Å². The number of nitrogen functional groups attached to an aromatic ring is 1. The zero-order valence-electron chi connectivity index (χ0n) is 10.7. The van der Waals surface area contributed by atoms with Crippen LogP contribution in [0.2, 0.25) is 0 Å². The average Bonchev–Trinajstić information content (AvgIpc) is 2.47. The lowest BCUT2D eigenvalue weighted by atomic mass is 10.1. The molecular weight excluding hydrogens is 248 g/mol. The van der Waals surface area contributed by atoms with E-state index in [0.717, 1.165) is 0 Å². The fraction of sp³-hybridized carbons (Fsp3) is 0.500. The molecule has 4 N–H and O–H groups in total. The maximum absolute atomic E-state index is 12.4. The number of hydrogen-bond donors (Lipinski definition) is 3. The number of aliphatic hydroxyl groups is 1. The Morgan fingerprint density at radius 2 is 2.53 bits per heavy atom. The van der Waals surface area contributed by atoms with Crippen LogP contribution in [-0.2, 0) is 4.74 Å². The number of rotatable bonds is 3. The van der Waals surface area contributed by atoms with Crippen LogP contribution in [0.15, 0.2) is 18.3 Å². The molecule has 1 aliphatic rings. The predicted octanol–water partition coefficient (Wildman–Crippen LogP) is -0.411. The summed E-state index contributed by atoms with van der Waals surface area (Å²) >= 11 is 0. The minimum absolute atomic E-state index is 0.0299. The highest BCUT2D eigenvalue weighted by Crippen LogP contribution is 2.16. The number of carbonyl (C=O) groups excluding carboxylic acids is 1. The van der Waals surface area contributed by atoms with E-state index >= 15 is 0 Å². The van der Waals surface area contributed by atoms with E-state index in [-0.39, 0.29) is 24.7 Å². The van der Waals surface area contributed by atoms with Crippen LogP contribution in [-0.4, -0.2) is 52.8 Å². The number of carbonyl (C=O) groups is 1. The van der Waals surface area contributed by atoms with Gasteiger partial charge in [-0.1, -0.05) is 0 Å². The SMILES string of the molecule is CC1COC(CO)CN1C(=O)c1ccnc(NN)c1. The highest BCUT2D eigenvalue weighted by Gasteiger charge is 2.29. The lowest BCUT2D eigenvalue weighted by Crippen LogP contribution is -2.52. The standard InChI is InChI=1S/C12H18N4O3/c1-8-7-19-10(6-17)5-16(8)12(18)9-2-3-14-11(4-9)15-13/h2-4,8,10,17H,5-7,13H2,1H3,(H,14,15). The number of nitrogens with zero attached hydrogens (tertiary/aromatic N) is 2. The van der Waals surface area contributed by atoms with Gasteiger partial charge >= 0.3 is 0 Å². The third kappa shape index (κ3) is 3.01. The Labute approximate surface area is 111 Å². The fourth-order valence-corrected chi connectivity index (χ4v) is 2.02. The second-order valence-corrected chi connectivity index (χ2v) is 4.52. The summed E-state index contributed by atoms with van der Waals surface area (Å²) < 4.78 is 5.41. The molecule has 0 radical (unpaired) electrons. The third-order valence-corrected chi connectivity index (χ3v) is 3.12. The highest BCUT2D eigenvalue weighted by molar-refractivity contribution is 5.95. The molecule has 7 heteroatoms. The van der Waals surface area contributed by atoms with E-state index in [4.69, 9.17) is 15.7 Å². The highest BCUT2D eigenvalue weighted by atomic mass is 16.5. The van der Waals surface area contributed by atoms with E-state index in [0.29, 0.717) is 24.5 Å². The van der Waals surface area contributed by atoms with Gasteiger partial charge in [-0.05, 0) is 19.1 Å². The maximum atomic E-state index is 12.4. The summed E-state index contributed by atoms with van der Waals surface area (Å²) in [6.07, 6.45) is 1.20. The molecule has 2 rings (SSSR count). The van der Waals surface area contributed by atoms with E-state index in [9.17, 15) is 4.79 Å². The molecule has 1 aromatic heterocycles. The van der Waals surface area contributed by atoms with Crippen molar-refractivity contribution >= 4 is 11.7 Å². The molecule has 1 aliphatic heterocycles. The first-order valence-electron chi connectivity index (χ1n) is 6.11. The Balaban J connectivity index is 2.16. The van der Waals surface area contributed by atoms with Gasteiger partial charge in [0.25, 0.3) is 5.91 Å². The summed E-state index contributed by atoms with van der Waals surface area (Å²) in [5.74, 6) is 5.60. The molecule has 0 aliphatic carbocycles. The number of nitrogens with two attached hydrogens (primary N) is 1. The number of morpholine rings is 1. The van der Waals surface area contributed by atoms with Gasteiger partial charge in [-0.2, -0.15) is 0 Å². The van der Waals surface area contributed by atoms with Gasteiger partial charge in [-0.15, -0.1) is 0 Å². The van der Waals surface area contributed by atoms with Gasteiger partial charge in [0.1, 0.15) is 5.82 Å². The number of pyridine rings is 1. The number of anilines is 1. The Hall–Kier alpha value is -1.70. The number of hydrogen-bond acceptors (Lipinski definition) is 6. The normalized spacial score (nSPS) is 23.2. The van der Waals surface area contributed by atoms with Crippen molar-refractivity contribution in [3.05, 3.63) is 23.9 Å². The van der Waals surface area contributed by atoms with Gasteiger partial charge in [-0.25, -0.2) is 10.8 Å². The number of amides is 1. The maximum Gasteiger partial charge on any atom is 0.254 e. The summed E-state index contributed by atoms with van der Waals surface area (Å²) in [6, 6.07) is 3.20. The average molecular weight is 266 g/mol. The Bertz CT molecular complexity index is 454. The molecule has 0 saturated carbocycles. The minimum Gasteiger partial charge on any atom is -0.394 e. The largest absolute Gasteiger partial charge is 0.394 e. The summed E-state index contributed by atoms with van der Waals surface area (Å²) in [6.45, 7) is 2.62. The van der Waals surface area contributed by atoms with Gasteiger partial charge in [-0.3, -0.25) is 4.79 Å². The van der Waals surface area contributed by atoms with Crippen LogP contribution in [0.3, 0.4) is 0 Å². The molecule has 7 nitrogen and oxygen atoms in total. The van der Waals surface area contributed by atoms with Crippen molar-refractivity contribution in [3.8, 4) is 0 Å². The van der Waals surface area contributed by atoms with Crippen molar-refractivity contribution < 1.29 is 14.6 Å². The second-order valence-electron chi connectivity index (χ2n) is 4.52. The van der Waals surface area contributed by atoms with Gasteiger partial charge in [0.05, 0.1) is 25.4 Å². The van der Waals surface area contributed by atoms with Gasteiger partial charge < -0.3 is 20.2 Å². The molecule has 1 saturated heterocycles. The quantitative estimate of drug-likeness (QED) is 0.508. The molecule has 0 spiro atoms. The number of hydrazine groups is 1. The van der Waals surface area contributed by atoms with E-state index in [1.54, 1.807) is 17.0 Å². The van der Waals surface area contributed by atoms with Crippen LogP contribution in [0, 0.1) is 0 Å². The topological polar surface area (TPSA) is 101 Å². The molecular formula is C12H18N4O3. The smallest absolute Gasteiger partial charge is 0.254 e. The number of aromatic nitrogens is 1. The van der Waals surface area contributed by atoms with Gasteiger partial charge in [0, 0.05) is 18.3 Å². The molecule has 1 amide bonds. The zero-order valence-corrected chi connectivity index (χ0v) is 10.7. The van der Waals surface area contributed by atoms with Crippen LogP contribution < -0.4 is 11.3 Å². The fourth-order valence-electron chi connectivity index (χ4n) is 2.02. The minimum atomic E-state index is -0.325. The molecule has 1 aromatic rings. The summed E-state index contributed by atoms with van der Waals surface area (Å²) in [5, 5.41) is 9.13. The number of nitrogens with one attached hydrogen (secondary N) is 1. The van der Waals surface area contributed by atoms with E-state index in [1.807, 2.05) is 6.92 Å². The Morgan fingerprint density at radius 1 is 1.74 bits per heavy atom. The molecule has 19 heavy (non-hydrogen) atoms. The second kappa shape index (κ2) is 5.96. The van der Waals surface area contributed by atoms with Crippen LogP contribution >= 0.6 is 0 Å². The third-order valence-electron chi connectivity index (χ3n) is 3.12. The van der Waals surface area contributed by atoms with Crippen LogP contribution in [0.25, 0.3) is 0 Å². The first-order valence-corrected chi connectivity index (χ1v) is 6.11. The number of ether oxygens (including phenoxy) is 1. The molecule has 2 heterocycles. The lowest BCUT2D eigenvalue weighted by Gasteiger charge is -2.37. The predicted molar refractivity (Wildman–Crippen MR) is 69.4 cm³/mol. The first kappa shape index (κ1) is 13.7. The summed E-state index contributed by atoms with van der Waals surface area (Å²) in [7, 11) is 0. The van der Waals surface area contributed by atoms with Crippen LogP contribution in [0.5, 0.6) is 0 Å². The Kier molecular flexibility index (Phi) is 4.31. The van der Waals surface area contributed by atoms with E-state index < -0.39 is 0 Å². The molecule has 0 bridgehead atoms. The Morgan fingerprint density at radius 3 is 3.21 bits per heavy atom. The van der Waals surface area contributed by atoms with Crippen LogP contribution in [0.1, 0.15) is 17.3 Å². The van der Waals surface area contributed by atoms with Crippen molar-refractivity contribution in [1.82, 2.24) is 9.88 Å². The van der Waals surface area contributed by atoms with E-state index in [1.165, 1.54) is 6.20 Å². The van der Waals surface area contributed by atoms with Crippen molar-refractivity contribution in [2.24, 2.45) is 5.84 Å². The monoisotopic (exact) mass is 266 g/mol. The summed E-state index contributed by atoms with van der Waals surface area (Å²) in [5.41, 5.74) is 2.92. The zero-order chi connectivity index (χ0) is 13.8.